The summed E-state index contributed by atoms with van der Waals surface area (Å²) in [6.45, 7) is 6.06. The summed E-state index contributed by atoms with van der Waals surface area (Å²) in [7, 11) is 0. The molecule has 22 heavy (non-hydrogen) atoms. The lowest BCUT2D eigenvalue weighted by Gasteiger charge is -2.19. The van der Waals surface area contributed by atoms with Crippen LogP contribution in [0, 0.1) is 32.6 Å². The number of carbonyl (C=O) groups excluding carboxylic acids is 1. The molecule has 4 atom stereocenters. The minimum atomic E-state index is -0.173. The molecule has 3 aliphatic rings. The third-order valence-corrected chi connectivity index (χ3v) is 6.74. The van der Waals surface area contributed by atoms with Gasteiger partial charge in [-0.15, -0.1) is 0 Å². The molecule has 1 N–H and O–H groups in total. The summed E-state index contributed by atoms with van der Waals surface area (Å²) in [5.41, 5.74) is 4.65. The number of aliphatic hydroxyl groups excluding tert-OH is 1. The Balaban J connectivity index is 1.91. The van der Waals surface area contributed by atoms with Crippen LogP contribution in [-0.4, -0.2) is 23.1 Å². The van der Waals surface area contributed by atoms with Gasteiger partial charge in [0.25, 0.3) is 0 Å². The number of ketones is 1. The highest BCUT2D eigenvalue weighted by Crippen LogP contribution is 2.54. The quantitative estimate of drug-likeness (QED) is 0.820. The lowest BCUT2D eigenvalue weighted by molar-refractivity contribution is -0.118. The predicted molar refractivity (Wildman–Crippen MR) is 87.8 cm³/mol. The average Bonchev–Trinajstić information content (AvgIpc) is 3.14. The van der Waals surface area contributed by atoms with Crippen molar-refractivity contribution in [2.75, 3.05) is 0 Å². The molecule has 116 valence electrons. The number of rotatable bonds is 1. The minimum Gasteiger partial charge on any atom is -0.511 e. The molecule has 0 unspecified atom stereocenters. The first-order chi connectivity index (χ1) is 10.4. The van der Waals surface area contributed by atoms with Gasteiger partial charge in [0.15, 0.2) is 5.78 Å². The van der Waals surface area contributed by atoms with Crippen LogP contribution in [0.25, 0.3) is 5.57 Å². The minimum absolute atomic E-state index is 0.00310. The molecule has 1 aromatic rings. The number of aryl methyl sites for hydroxylation is 2. The van der Waals surface area contributed by atoms with Gasteiger partial charge in [-0.2, -0.15) is 0 Å². The zero-order valence-electron chi connectivity index (χ0n) is 12.9. The van der Waals surface area contributed by atoms with Crippen molar-refractivity contribution in [3.05, 3.63) is 38.6 Å². The SMILES string of the molecule is Cc1cc(C)c(C2=C(O)[C@H]3[C@@H](C2=O)[C@@H]2CC[C@H]3O2)c(C)c1Br. The number of hydrogen-bond acceptors (Lipinski definition) is 3. The molecule has 0 spiro atoms. The average molecular weight is 363 g/mol. The lowest BCUT2D eigenvalue weighted by Crippen LogP contribution is -2.29. The zero-order valence-corrected chi connectivity index (χ0v) is 14.5. The highest BCUT2D eigenvalue weighted by molar-refractivity contribution is 9.10. The summed E-state index contributed by atoms with van der Waals surface area (Å²) in [5.74, 6) is 0.0218. The van der Waals surface area contributed by atoms with E-state index in [1.165, 1.54) is 0 Å². The monoisotopic (exact) mass is 362 g/mol. The number of allylic oxidation sites excluding steroid dienone is 1. The van der Waals surface area contributed by atoms with E-state index in [-0.39, 0.29) is 35.6 Å². The summed E-state index contributed by atoms with van der Waals surface area (Å²) >= 11 is 3.61. The van der Waals surface area contributed by atoms with Crippen molar-refractivity contribution in [3.63, 3.8) is 0 Å². The largest absolute Gasteiger partial charge is 0.511 e. The van der Waals surface area contributed by atoms with Gasteiger partial charge in [-0.1, -0.05) is 22.0 Å². The number of hydrogen-bond donors (Lipinski definition) is 1. The van der Waals surface area contributed by atoms with E-state index in [9.17, 15) is 9.90 Å². The Morgan fingerprint density at radius 1 is 1.14 bits per heavy atom. The van der Waals surface area contributed by atoms with E-state index in [0.717, 1.165) is 39.6 Å². The van der Waals surface area contributed by atoms with Crippen molar-refractivity contribution in [1.82, 2.24) is 0 Å². The van der Waals surface area contributed by atoms with Crippen LogP contribution in [0.4, 0.5) is 0 Å². The summed E-state index contributed by atoms with van der Waals surface area (Å²) in [6.07, 6.45) is 1.90. The van der Waals surface area contributed by atoms with Gasteiger partial charge in [-0.25, -0.2) is 0 Å². The molecule has 3 nitrogen and oxygen atoms in total. The topological polar surface area (TPSA) is 46.5 Å². The molecule has 1 aliphatic carbocycles. The molecule has 4 rings (SSSR count). The van der Waals surface area contributed by atoms with Crippen LogP contribution in [0.15, 0.2) is 16.3 Å². The first-order valence-electron chi connectivity index (χ1n) is 7.81. The number of benzene rings is 1. The van der Waals surface area contributed by atoms with Crippen LogP contribution in [-0.2, 0) is 9.53 Å². The van der Waals surface area contributed by atoms with Crippen LogP contribution in [0.5, 0.6) is 0 Å². The van der Waals surface area contributed by atoms with Gasteiger partial charge in [-0.3, -0.25) is 4.79 Å². The van der Waals surface area contributed by atoms with Gasteiger partial charge >= 0.3 is 0 Å². The molecule has 2 heterocycles. The normalized spacial score (nSPS) is 33.0. The van der Waals surface area contributed by atoms with Crippen molar-refractivity contribution in [2.45, 2.75) is 45.8 Å². The number of aliphatic hydroxyl groups is 1. The maximum atomic E-state index is 13.0. The van der Waals surface area contributed by atoms with Crippen molar-refractivity contribution in [3.8, 4) is 0 Å². The summed E-state index contributed by atoms with van der Waals surface area (Å²) in [5, 5.41) is 10.8. The Morgan fingerprint density at radius 2 is 1.77 bits per heavy atom. The molecule has 2 bridgehead atoms. The van der Waals surface area contributed by atoms with E-state index in [0.29, 0.717) is 5.57 Å². The molecule has 2 fully saturated rings. The zero-order chi connectivity index (χ0) is 15.8. The highest BCUT2D eigenvalue weighted by atomic mass is 79.9. The smallest absolute Gasteiger partial charge is 0.173 e. The fraction of sp³-hybridized carbons (Fsp3) is 0.500. The Morgan fingerprint density at radius 3 is 2.41 bits per heavy atom. The van der Waals surface area contributed by atoms with Gasteiger partial charge in [0.2, 0.25) is 0 Å². The summed E-state index contributed by atoms with van der Waals surface area (Å²) < 4.78 is 6.85. The number of ether oxygens (including phenoxy) is 1. The van der Waals surface area contributed by atoms with Crippen molar-refractivity contribution in [2.24, 2.45) is 11.8 Å². The van der Waals surface area contributed by atoms with Gasteiger partial charge in [0.1, 0.15) is 5.76 Å². The molecule has 2 aliphatic heterocycles. The molecule has 4 heteroatoms. The van der Waals surface area contributed by atoms with E-state index in [4.69, 9.17) is 4.74 Å². The van der Waals surface area contributed by atoms with Crippen molar-refractivity contribution >= 4 is 27.3 Å². The van der Waals surface area contributed by atoms with E-state index < -0.39 is 0 Å². The molecular formula is C18H19BrO3. The second-order valence-corrected chi connectivity index (χ2v) is 7.58. The van der Waals surface area contributed by atoms with E-state index in [1.807, 2.05) is 20.8 Å². The maximum absolute atomic E-state index is 13.0. The van der Waals surface area contributed by atoms with E-state index in [1.54, 1.807) is 0 Å². The fourth-order valence-corrected chi connectivity index (χ4v) is 4.93. The van der Waals surface area contributed by atoms with Gasteiger partial charge < -0.3 is 9.84 Å². The Labute approximate surface area is 138 Å². The maximum Gasteiger partial charge on any atom is 0.173 e. The second-order valence-electron chi connectivity index (χ2n) is 6.79. The molecule has 0 saturated carbocycles. The van der Waals surface area contributed by atoms with Crippen molar-refractivity contribution < 1.29 is 14.6 Å². The number of halogens is 1. The van der Waals surface area contributed by atoms with E-state index in [2.05, 4.69) is 22.0 Å². The van der Waals surface area contributed by atoms with Crippen molar-refractivity contribution in [1.29, 1.82) is 0 Å². The summed E-state index contributed by atoms with van der Waals surface area (Å²) in [4.78, 5) is 13.0. The van der Waals surface area contributed by atoms with Gasteiger partial charge in [0, 0.05) is 4.47 Å². The summed E-state index contributed by atoms with van der Waals surface area (Å²) in [6, 6.07) is 2.07. The Hall–Kier alpha value is -1.13. The number of fused-ring (bicyclic) bond motifs is 5. The Kier molecular flexibility index (Phi) is 3.08. The lowest BCUT2D eigenvalue weighted by atomic mass is 9.80. The molecule has 0 radical (unpaired) electrons. The molecule has 2 saturated heterocycles. The van der Waals surface area contributed by atoms with E-state index >= 15 is 0 Å². The third kappa shape index (κ3) is 1.68. The van der Waals surface area contributed by atoms with Gasteiger partial charge in [0.05, 0.1) is 29.6 Å². The third-order valence-electron chi connectivity index (χ3n) is 5.52. The molecule has 0 aromatic heterocycles. The number of Topliss-reactive ketones (excluding diaryl/α,β-unsaturated/α-hetero) is 1. The van der Waals surface area contributed by atoms with Crippen LogP contribution in [0.2, 0.25) is 0 Å². The molecule has 1 aromatic carbocycles. The first-order valence-corrected chi connectivity index (χ1v) is 8.60. The highest BCUT2D eigenvalue weighted by Gasteiger charge is 2.59. The Bertz CT molecular complexity index is 734. The second kappa shape index (κ2) is 4.68. The standard InChI is InChI=1S/C18H19BrO3/c1-7-6-8(2)16(19)9(3)12(7)15-17(20)13-10-4-5-11(22-10)14(13)18(15)21/h6,10-11,13-14,20H,4-5H2,1-3H3/t10-,11+,13-,14+/m1/s1. The number of carbonyl (C=O) groups is 1. The molecule has 0 amide bonds. The van der Waals surface area contributed by atoms with Crippen LogP contribution in [0.3, 0.4) is 0 Å². The van der Waals surface area contributed by atoms with Crippen LogP contribution >= 0.6 is 15.9 Å². The first kappa shape index (κ1) is 14.5. The molecular weight excluding hydrogens is 344 g/mol. The predicted octanol–water partition coefficient (Wildman–Crippen LogP) is 4.02. The fourth-order valence-electron chi connectivity index (χ4n) is 4.62. The van der Waals surface area contributed by atoms with Gasteiger partial charge in [-0.05, 0) is 55.9 Å². The van der Waals surface area contributed by atoms with Crippen LogP contribution in [0.1, 0.15) is 35.1 Å². The van der Waals surface area contributed by atoms with Crippen LogP contribution < -0.4 is 0 Å².